The number of aryl methyl sites for hydroxylation is 1. The SMILES string of the molecule is Cc1cccc(NC(=O)COC(=O)c2cccc(S(=O)(=O)N3CCc4ccccc43)c2)c1. The number of fused-ring (bicyclic) bond motifs is 1. The van der Waals surface area contributed by atoms with Crippen LogP contribution in [-0.4, -0.2) is 33.4 Å². The highest BCUT2D eigenvalue weighted by Gasteiger charge is 2.31. The second-order valence-electron chi connectivity index (χ2n) is 7.48. The van der Waals surface area contributed by atoms with Crippen LogP contribution in [0.4, 0.5) is 11.4 Å². The first-order valence-electron chi connectivity index (χ1n) is 10.1. The first-order valence-corrected chi connectivity index (χ1v) is 11.5. The van der Waals surface area contributed by atoms with Gasteiger partial charge in [0.25, 0.3) is 15.9 Å². The molecular formula is C24H22N2O5S. The summed E-state index contributed by atoms with van der Waals surface area (Å²) in [6, 6.07) is 20.2. The highest BCUT2D eigenvalue weighted by Crippen LogP contribution is 2.32. The summed E-state index contributed by atoms with van der Waals surface area (Å²) in [7, 11) is -3.84. The molecule has 0 aromatic heterocycles. The van der Waals surface area contributed by atoms with E-state index in [1.165, 1.54) is 28.6 Å². The average molecular weight is 451 g/mol. The molecule has 1 aliphatic heterocycles. The predicted molar refractivity (Wildman–Crippen MR) is 121 cm³/mol. The van der Waals surface area contributed by atoms with Crippen molar-refractivity contribution in [3.05, 3.63) is 89.5 Å². The van der Waals surface area contributed by atoms with Crippen molar-refractivity contribution >= 4 is 33.3 Å². The lowest BCUT2D eigenvalue weighted by Gasteiger charge is -2.19. The molecule has 0 fully saturated rings. The summed E-state index contributed by atoms with van der Waals surface area (Å²) >= 11 is 0. The Morgan fingerprint density at radius 2 is 1.78 bits per heavy atom. The van der Waals surface area contributed by atoms with Gasteiger partial charge in [0.15, 0.2) is 6.61 Å². The second-order valence-corrected chi connectivity index (χ2v) is 9.34. The molecule has 0 atom stereocenters. The largest absolute Gasteiger partial charge is 0.452 e. The summed E-state index contributed by atoms with van der Waals surface area (Å²) in [4.78, 5) is 24.5. The standard InChI is InChI=1S/C24H22N2O5S/c1-17-6-4-9-20(14-17)25-23(27)16-31-24(28)19-8-5-10-21(15-19)32(29,30)26-13-12-18-7-2-3-11-22(18)26/h2-11,14-15H,12-13,16H2,1H3,(H,25,27). The van der Waals surface area contributed by atoms with Crippen molar-refractivity contribution < 1.29 is 22.7 Å². The summed E-state index contributed by atoms with van der Waals surface area (Å²) in [5, 5.41) is 2.65. The number of rotatable bonds is 6. The number of amides is 1. The number of para-hydroxylation sites is 1. The van der Waals surface area contributed by atoms with Crippen molar-refractivity contribution in [3.63, 3.8) is 0 Å². The van der Waals surface area contributed by atoms with Crippen LogP contribution in [-0.2, 0) is 26.0 Å². The molecule has 0 saturated carbocycles. The lowest BCUT2D eigenvalue weighted by Crippen LogP contribution is -2.29. The molecule has 1 heterocycles. The summed E-state index contributed by atoms with van der Waals surface area (Å²) < 4.78 is 32.8. The molecule has 7 nitrogen and oxygen atoms in total. The third kappa shape index (κ3) is 4.50. The molecule has 1 aliphatic rings. The van der Waals surface area contributed by atoms with Gasteiger partial charge in [-0.1, -0.05) is 36.4 Å². The van der Waals surface area contributed by atoms with Crippen LogP contribution >= 0.6 is 0 Å². The van der Waals surface area contributed by atoms with Crippen LogP contribution < -0.4 is 9.62 Å². The Hall–Kier alpha value is -3.65. The van der Waals surface area contributed by atoms with Crippen LogP contribution in [0.15, 0.2) is 77.7 Å². The summed E-state index contributed by atoms with van der Waals surface area (Å²) in [6.45, 7) is 1.76. The minimum atomic E-state index is -3.84. The van der Waals surface area contributed by atoms with Gasteiger partial charge in [-0.3, -0.25) is 9.10 Å². The van der Waals surface area contributed by atoms with Gasteiger partial charge in [-0.05, 0) is 60.9 Å². The number of hydrogen-bond donors (Lipinski definition) is 1. The van der Waals surface area contributed by atoms with Gasteiger partial charge in [0.2, 0.25) is 0 Å². The van der Waals surface area contributed by atoms with Crippen LogP contribution in [0.1, 0.15) is 21.5 Å². The van der Waals surface area contributed by atoms with Crippen LogP contribution in [0.5, 0.6) is 0 Å². The normalized spacial score (nSPS) is 12.8. The highest BCUT2D eigenvalue weighted by atomic mass is 32.2. The molecule has 1 amide bonds. The molecule has 8 heteroatoms. The van der Waals surface area contributed by atoms with E-state index in [4.69, 9.17) is 4.74 Å². The lowest BCUT2D eigenvalue weighted by atomic mass is 10.2. The van der Waals surface area contributed by atoms with E-state index < -0.39 is 28.5 Å². The summed E-state index contributed by atoms with van der Waals surface area (Å²) in [5.41, 5.74) is 3.25. The molecular weight excluding hydrogens is 428 g/mol. The monoisotopic (exact) mass is 450 g/mol. The zero-order valence-corrected chi connectivity index (χ0v) is 18.3. The zero-order valence-electron chi connectivity index (χ0n) is 17.4. The van der Waals surface area contributed by atoms with Gasteiger partial charge in [0.1, 0.15) is 0 Å². The number of sulfonamides is 1. The van der Waals surface area contributed by atoms with Gasteiger partial charge >= 0.3 is 5.97 Å². The van der Waals surface area contributed by atoms with E-state index in [1.54, 1.807) is 24.3 Å². The molecule has 1 N–H and O–H groups in total. The topological polar surface area (TPSA) is 92.8 Å². The van der Waals surface area contributed by atoms with Gasteiger partial charge in [-0.15, -0.1) is 0 Å². The Balaban J connectivity index is 1.44. The molecule has 0 spiro atoms. The number of benzene rings is 3. The van der Waals surface area contributed by atoms with Gasteiger partial charge in [-0.25, -0.2) is 13.2 Å². The molecule has 0 unspecified atom stereocenters. The summed E-state index contributed by atoms with van der Waals surface area (Å²) in [6.07, 6.45) is 0.632. The predicted octanol–water partition coefficient (Wildman–Crippen LogP) is 3.54. The molecule has 0 saturated heterocycles. The Morgan fingerprint density at radius 3 is 2.59 bits per heavy atom. The van der Waals surface area contributed by atoms with E-state index in [0.717, 1.165) is 11.1 Å². The molecule has 0 aliphatic carbocycles. The third-order valence-electron chi connectivity index (χ3n) is 5.14. The fraction of sp³-hybridized carbons (Fsp3) is 0.167. The first kappa shape index (κ1) is 21.6. The molecule has 4 rings (SSSR count). The fourth-order valence-electron chi connectivity index (χ4n) is 3.60. The fourth-order valence-corrected chi connectivity index (χ4v) is 5.15. The van der Waals surface area contributed by atoms with Crippen LogP contribution in [0, 0.1) is 6.92 Å². The van der Waals surface area contributed by atoms with Gasteiger partial charge < -0.3 is 10.1 Å². The minimum absolute atomic E-state index is 0.00661. The maximum Gasteiger partial charge on any atom is 0.338 e. The van der Waals surface area contributed by atoms with Crippen LogP contribution in [0.3, 0.4) is 0 Å². The molecule has 3 aromatic carbocycles. The van der Waals surface area contributed by atoms with Crippen LogP contribution in [0.25, 0.3) is 0 Å². The first-order chi connectivity index (χ1) is 15.3. The maximum absolute atomic E-state index is 13.2. The van der Waals surface area contributed by atoms with E-state index in [9.17, 15) is 18.0 Å². The molecule has 164 valence electrons. The Kier molecular flexibility index (Phi) is 5.96. The van der Waals surface area contributed by atoms with Gasteiger partial charge in [0.05, 0.1) is 16.1 Å². The number of esters is 1. The number of ether oxygens (including phenoxy) is 1. The quantitative estimate of drug-likeness (QED) is 0.580. The van der Waals surface area contributed by atoms with Crippen molar-refractivity contribution in [1.29, 1.82) is 0 Å². The number of hydrogen-bond acceptors (Lipinski definition) is 5. The molecule has 0 radical (unpaired) electrons. The van der Waals surface area contributed by atoms with E-state index in [0.29, 0.717) is 24.3 Å². The third-order valence-corrected chi connectivity index (χ3v) is 6.95. The Bertz CT molecular complexity index is 1290. The molecule has 3 aromatic rings. The number of nitrogens with zero attached hydrogens (tertiary/aromatic N) is 1. The lowest BCUT2D eigenvalue weighted by molar-refractivity contribution is -0.119. The number of anilines is 2. The molecule has 0 bridgehead atoms. The van der Waals surface area contributed by atoms with Crippen LogP contribution in [0.2, 0.25) is 0 Å². The number of carbonyl (C=O) groups excluding carboxylic acids is 2. The maximum atomic E-state index is 13.2. The summed E-state index contributed by atoms with van der Waals surface area (Å²) in [5.74, 6) is -1.26. The minimum Gasteiger partial charge on any atom is -0.452 e. The second kappa shape index (κ2) is 8.84. The van der Waals surface area contributed by atoms with Crippen molar-refractivity contribution in [2.45, 2.75) is 18.2 Å². The number of carbonyl (C=O) groups is 2. The van der Waals surface area contributed by atoms with E-state index in [1.807, 2.05) is 31.2 Å². The average Bonchev–Trinajstić information content (AvgIpc) is 3.23. The Morgan fingerprint density at radius 1 is 1.00 bits per heavy atom. The van der Waals surface area contributed by atoms with E-state index >= 15 is 0 Å². The van der Waals surface area contributed by atoms with E-state index in [2.05, 4.69) is 5.32 Å². The van der Waals surface area contributed by atoms with Crippen molar-refractivity contribution in [1.82, 2.24) is 0 Å². The zero-order chi connectivity index (χ0) is 22.7. The van der Waals surface area contributed by atoms with Crippen molar-refractivity contribution in [2.75, 3.05) is 22.8 Å². The van der Waals surface area contributed by atoms with Crippen molar-refractivity contribution in [2.24, 2.45) is 0 Å². The van der Waals surface area contributed by atoms with Gasteiger partial charge in [0, 0.05) is 12.2 Å². The smallest absolute Gasteiger partial charge is 0.338 e. The van der Waals surface area contributed by atoms with Crippen molar-refractivity contribution in [3.8, 4) is 0 Å². The van der Waals surface area contributed by atoms with E-state index in [-0.39, 0.29) is 10.5 Å². The number of nitrogens with one attached hydrogen (secondary N) is 1. The highest BCUT2D eigenvalue weighted by molar-refractivity contribution is 7.92. The Labute approximate surface area is 186 Å². The molecule has 32 heavy (non-hydrogen) atoms. The van der Waals surface area contributed by atoms with Gasteiger partial charge in [-0.2, -0.15) is 0 Å².